The Bertz CT molecular complexity index is 1320. The molecule has 0 radical (unpaired) electrons. The van der Waals surface area contributed by atoms with Gasteiger partial charge in [-0.2, -0.15) is 4.65 Å². The molecule has 1 unspecified atom stereocenters. The lowest BCUT2D eigenvalue weighted by molar-refractivity contribution is -1.07. The number of hydrogen-bond acceptors (Lipinski definition) is 6. The SMILES string of the molecule is CCC(c1nc2sccc2c(=O)n1Cc1ccccc1)N(CC[N+](C)(C)O)Cc1ccc(Cl)nc1. The summed E-state index contributed by atoms with van der Waals surface area (Å²) in [5, 5.41) is 13.4. The monoisotopic (exact) mass is 512 g/mol. The van der Waals surface area contributed by atoms with Crippen LogP contribution in [0.1, 0.15) is 36.3 Å². The van der Waals surface area contributed by atoms with Gasteiger partial charge in [-0.25, -0.2) is 15.2 Å². The first-order valence-corrected chi connectivity index (χ1v) is 12.9. The zero-order valence-corrected chi connectivity index (χ0v) is 21.8. The van der Waals surface area contributed by atoms with Crippen LogP contribution in [0.2, 0.25) is 5.15 Å². The Labute approximate surface area is 214 Å². The van der Waals surface area contributed by atoms with Crippen LogP contribution in [0.25, 0.3) is 10.2 Å². The van der Waals surface area contributed by atoms with Gasteiger partial charge in [-0.1, -0.05) is 54.9 Å². The second-order valence-corrected chi connectivity index (χ2v) is 10.5. The van der Waals surface area contributed by atoms with Gasteiger partial charge in [-0.15, -0.1) is 11.3 Å². The van der Waals surface area contributed by atoms with Crippen molar-refractivity contribution in [1.29, 1.82) is 0 Å². The maximum Gasteiger partial charge on any atom is 0.262 e. The van der Waals surface area contributed by atoms with Gasteiger partial charge >= 0.3 is 0 Å². The molecule has 184 valence electrons. The number of thiophene rings is 1. The van der Waals surface area contributed by atoms with Crippen molar-refractivity contribution in [3.63, 3.8) is 0 Å². The molecule has 7 nitrogen and oxygen atoms in total. The molecule has 0 saturated heterocycles. The summed E-state index contributed by atoms with van der Waals surface area (Å²) in [6.07, 6.45) is 2.52. The molecular formula is C26H31ClN5O2S+. The van der Waals surface area contributed by atoms with E-state index in [1.165, 1.54) is 11.3 Å². The van der Waals surface area contributed by atoms with Gasteiger partial charge < -0.3 is 0 Å². The summed E-state index contributed by atoms with van der Waals surface area (Å²) in [7, 11) is 3.51. The predicted octanol–water partition coefficient (Wildman–Crippen LogP) is 4.97. The van der Waals surface area contributed by atoms with Gasteiger partial charge in [0.25, 0.3) is 5.56 Å². The van der Waals surface area contributed by atoms with Crippen molar-refractivity contribution in [3.05, 3.63) is 92.6 Å². The first-order chi connectivity index (χ1) is 16.7. The highest BCUT2D eigenvalue weighted by molar-refractivity contribution is 7.16. The Morgan fingerprint density at radius 3 is 2.57 bits per heavy atom. The Morgan fingerprint density at radius 2 is 1.91 bits per heavy atom. The number of fused-ring (bicyclic) bond motifs is 1. The standard InChI is InChI=1S/C26H31ClN5O2S/c1-4-22(30(13-14-32(2,3)34)17-20-10-11-23(27)28-16-20)24-29-25-21(12-15-35-25)26(33)31(24)18-19-8-6-5-7-9-19/h5-12,15-16,22,34H,4,13-14,17-18H2,1-3H3/q+1. The minimum absolute atomic E-state index is 0.0278. The molecule has 0 spiro atoms. The van der Waals surface area contributed by atoms with E-state index in [1.807, 2.05) is 52.4 Å². The highest BCUT2D eigenvalue weighted by Crippen LogP contribution is 2.27. The largest absolute Gasteiger partial charge is 0.290 e. The lowest BCUT2D eigenvalue weighted by atomic mass is 10.1. The number of aromatic nitrogens is 3. The van der Waals surface area contributed by atoms with Crippen LogP contribution in [-0.4, -0.2) is 56.5 Å². The van der Waals surface area contributed by atoms with Crippen molar-refractivity contribution < 1.29 is 9.85 Å². The molecule has 4 aromatic rings. The third-order valence-electron chi connectivity index (χ3n) is 6.03. The first kappa shape index (κ1) is 25.5. The molecule has 1 atom stereocenters. The number of likely N-dealkylation sites (N-methyl/N-ethyl adjacent to an activating group) is 1. The third kappa shape index (κ3) is 6.34. The van der Waals surface area contributed by atoms with E-state index < -0.39 is 0 Å². The zero-order chi connectivity index (χ0) is 25.0. The molecule has 0 aliphatic heterocycles. The quantitative estimate of drug-likeness (QED) is 0.184. The normalized spacial score (nSPS) is 13.0. The van der Waals surface area contributed by atoms with Crippen LogP contribution in [-0.2, 0) is 13.1 Å². The molecular weight excluding hydrogens is 482 g/mol. The zero-order valence-electron chi connectivity index (χ0n) is 20.3. The number of hydrogen-bond donors (Lipinski definition) is 1. The number of nitrogens with zero attached hydrogens (tertiary/aromatic N) is 5. The van der Waals surface area contributed by atoms with Crippen LogP contribution in [0.15, 0.2) is 64.9 Å². The van der Waals surface area contributed by atoms with Crippen molar-refractivity contribution in [2.45, 2.75) is 32.5 Å². The fourth-order valence-corrected chi connectivity index (χ4v) is 5.07. The van der Waals surface area contributed by atoms with E-state index >= 15 is 0 Å². The molecule has 0 amide bonds. The average Bonchev–Trinajstić information content (AvgIpc) is 3.30. The maximum absolute atomic E-state index is 13.6. The second kappa shape index (κ2) is 11.0. The minimum atomic E-state index is -0.153. The number of rotatable bonds is 10. The van der Waals surface area contributed by atoms with Crippen LogP contribution in [0.5, 0.6) is 0 Å². The lowest BCUT2D eigenvalue weighted by Crippen LogP contribution is -2.44. The second-order valence-electron chi connectivity index (χ2n) is 9.21. The number of pyridine rings is 1. The molecule has 3 heterocycles. The minimum Gasteiger partial charge on any atom is -0.290 e. The third-order valence-corrected chi connectivity index (χ3v) is 7.06. The van der Waals surface area contributed by atoms with Gasteiger partial charge in [-0.3, -0.25) is 14.3 Å². The van der Waals surface area contributed by atoms with Crippen LogP contribution < -0.4 is 5.56 Å². The Balaban J connectivity index is 1.79. The number of halogens is 1. The fourth-order valence-electron chi connectivity index (χ4n) is 4.19. The van der Waals surface area contributed by atoms with Crippen molar-refractivity contribution in [2.75, 3.05) is 27.2 Å². The summed E-state index contributed by atoms with van der Waals surface area (Å²) < 4.78 is 1.66. The summed E-state index contributed by atoms with van der Waals surface area (Å²) in [5.41, 5.74) is 2.02. The molecule has 3 aromatic heterocycles. The van der Waals surface area contributed by atoms with Crippen LogP contribution >= 0.6 is 22.9 Å². The van der Waals surface area contributed by atoms with E-state index in [0.717, 1.165) is 28.2 Å². The van der Waals surface area contributed by atoms with Crippen molar-refractivity contribution in [3.8, 4) is 0 Å². The first-order valence-electron chi connectivity index (χ1n) is 11.7. The Morgan fingerprint density at radius 1 is 1.14 bits per heavy atom. The summed E-state index contributed by atoms with van der Waals surface area (Å²) in [4.78, 5) is 25.9. The predicted molar refractivity (Wildman–Crippen MR) is 141 cm³/mol. The van der Waals surface area contributed by atoms with Gasteiger partial charge in [0.1, 0.15) is 22.4 Å². The highest BCUT2D eigenvalue weighted by Gasteiger charge is 2.27. The molecule has 4 rings (SSSR count). The van der Waals surface area contributed by atoms with E-state index in [4.69, 9.17) is 16.6 Å². The average molecular weight is 513 g/mol. The summed E-state index contributed by atoms with van der Waals surface area (Å²) in [5.74, 6) is 0.737. The molecule has 1 N–H and O–H groups in total. The fraction of sp³-hybridized carbons (Fsp3) is 0.346. The number of hydroxylamine groups is 3. The number of benzene rings is 1. The van der Waals surface area contributed by atoms with E-state index in [1.54, 1.807) is 26.4 Å². The summed E-state index contributed by atoms with van der Waals surface area (Å²) in [6, 6.07) is 15.4. The van der Waals surface area contributed by atoms with Crippen LogP contribution in [0.3, 0.4) is 0 Å². The smallest absolute Gasteiger partial charge is 0.262 e. The van der Waals surface area contributed by atoms with Crippen molar-refractivity contribution in [2.24, 2.45) is 0 Å². The molecule has 0 fully saturated rings. The van der Waals surface area contributed by atoms with Crippen molar-refractivity contribution >= 4 is 33.2 Å². The molecule has 0 aliphatic rings. The molecule has 0 bridgehead atoms. The van der Waals surface area contributed by atoms with Gasteiger partial charge in [0.05, 0.1) is 38.6 Å². The molecule has 0 aliphatic carbocycles. The highest BCUT2D eigenvalue weighted by atomic mass is 35.5. The Kier molecular flexibility index (Phi) is 7.98. The van der Waals surface area contributed by atoms with Crippen molar-refractivity contribution in [1.82, 2.24) is 19.4 Å². The van der Waals surface area contributed by atoms with E-state index in [0.29, 0.717) is 36.7 Å². The van der Waals surface area contributed by atoms with Gasteiger partial charge in [0.2, 0.25) is 0 Å². The molecule has 35 heavy (non-hydrogen) atoms. The van der Waals surface area contributed by atoms with E-state index in [-0.39, 0.29) is 16.2 Å². The van der Waals surface area contributed by atoms with E-state index in [2.05, 4.69) is 16.8 Å². The lowest BCUT2D eigenvalue weighted by Gasteiger charge is -2.33. The maximum atomic E-state index is 13.6. The summed E-state index contributed by atoms with van der Waals surface area (Å²) in [6.45, 7) is 4.26. The van der Waals surface area contributed by atoms with Gasteiger partial charge in [0, 0.05) is 12.7 Å². The molecule has 1 aromatic carbocycles. The molecule has 0 saturated carbocycles. The topological polar surface area (TPSA) is 71.2 Å². The van der Waals surface area contributed by atoms with Crippen LogP contribution in [0, 0.1) is 0 Å². The Hall–Kier alpha value is -2.62. The van der Waals surface area contributed by atoms with Crippen LogP contribution in [0.4, 0.5) is 0 Å². The van der Waals surface area contributed by atoms with Gasteiger partial charge in [0.15, 0.2) is 0 Å². The van der Waals surface area contributed by atoms with E-state index in [9.17, 15) is 10.0 Å². The summed E-state index contributed by atoms with van der Waals surface area (Å²) >= 11 is 7.49. The molecule has 9 heteroatoms. The number of quaternary nitrogens is 1. The van der Waals surface area contributed by atoms with Gasteiger partial charge in [-0.05, 0) is 35.1 Å².